The standard InChI is InChI=1S/C30H31Cl2F2N3O4S/c1-42(40,41)37(22-14-15-26(33)27(34)17-22)19-29(38)36(18-23-24(31)12-7-13-25(23)32)28(16-20-8-3-2-4-9-20)30(39)35-21-10-5-6-11-21/h2-4,7-9,12-15,17,21,28H,5-6,10-11,16,18-19H2,1H3,(H,35,39)/t28-/m0/s1. The van der Waals surface area contributed by atoms with Crippen LogP contribution in [0.5, 0.6) is 0 Å². The van der Waals surface area contributed by atoms with Crippen molar-refractivity contribution in [3.63, 3.8) is 0 Å². The van der Waals surface area contributed by atoms with E-state index in [0.29, 0.717) is 15.9 Å². The molecule has 0 heterocycles. The normalized spacial score (nSPS) is 14.4. The number of carbonyl (C=O) groups is 2. The minimum Gasteiger partial charge on any atom is -0.352 e. The lowest BCUT2D eigenvalue weighted by atomic mass is 10.0. The Hall–Kier alpha value is -3.21. The van der Waals surface area contributed by atoms with Gasteiger partial charge in [-0.25, -0.2) is 17.2 Å². The summed E-state index contributed by atoms with van der Waals surface area (Å²) in [6.45, 7) is -0.990. The molecule has 0 aromatic heterocycles. The quantitative estimate of drug-likeness (QED) is 0.291. The van der Waals surface area contributed by atoms with Gasteiger partial charge in [0.1, 0.15) is 12.6 Å². The highest BCUT2D eigenvalue weighted by Crippen LogP contribution is 2.28. The molecule has 3 aromatic rings. The van der Waals surface area contributed by atoms with Crippen molar-refractivity contribution in [1.29, 1.82) is 0 Å². The lowest BCUT2D eigenvalue weighted by Crippen LogP contribution is -2.54. The molecule has 2 amide bonds. The molecule has 4 rings (SSSR count). The Morgan fingerprint density at radius 3 is 2.19 bits per heavy atom. The van der Waals surface area contributed by atoms with Gasteiger partial charge in [-0.3, -0.25) is 13.9 Å². The Bertz CT molecular complexity index is 1520. The van der Waals surface area contributed by atoms with Gasteiger partial charge in [-0.2, -0.15) is 0 Å². The van der Waals surface area contributed by atoms with Crippen molar-refractivity contribution < 1.29 is 26.8 Å². The summed E-state index contributed by atoms with van der Waals surface area (Å²) in [6.07, 6.45) is 4.55. The van der Waals surface area contributed by atoms with Crippen LogP contribution < -0.4 is 9.62 Å². The molecule has 0 bridgehead atoms. The summed E-state index contributed by atoms with van der Waals surface area (Å²) < 4.78 is 54.0. The monoisotopic (exact) mass is 637 g/mol. The Morgan fingerprint density at radius 2 is 1.60 bits per heavy atom. The number of amides is 2. The number of anilines is 1. The van der Waals surface area contributed by atoms with Crippen LogP contribution in [0.4, 0.5) is 14.5 Å². The molecule has 1 saturated carbocycles. The van der Waals surface area contributed by atoms with E-state index in [-0.39, 0.29) is 34.7 Å². The van der Waals surface area contributed by atoms with Crippen LogP contribution in [0.3, 0.4) is 0 Å². The van der Waals surface area contributed by atoms with Gasteiger partial charge in [0.15, 0.2) is 11.6 Å². The fourth-order valence-electron chi connectivity index (χ4n) is 5.03. The number of hydrogen-bond acceptors (Lipinski definition) is 4. The van der Waals surface area contributed by atoms with Crippen molar-refractivity contribution in [3.05, 3.63) is 99.5 Å². The second kappa shape index (κ2) is 13.8. The van der Waals surface area contributed by atoms with Gasteiger partial charge >= 0.3 is 0 Å². The van der Waals surface area contributed by atoms with Crippen molar-refractivity contribution in [2.45, 2.75) is 50.7 Å². The number of nitrogens with zero attached hydrogens (tertiary/aromatic N) is 2. The number of hydrogen-bond donors (Lipinski definition) is 1. The SMILES string of the molecule is CS(=O)(=O)N(CC(=O)N(Cc1c(Cl)cccc1Cl)[C@@H](Cc1ccccc1)C(=O)NC1CCCC1)c1ccc(F)c(F)c1. The average molecular weight is 639 g/mol. The Balaban J connectivity index is 1.77. The molecule has 0 spiro atoms. The first-order chi connectivity index (χ1) is 19.9. The molecule has 7 nitrogen and oxygen atoms in total. The largest absolute Gasteiger partial charge is 0.352 e. The smallest absolute Gasteiger partial charge is 0.244 e. The summed E-state index contributed by atoms with van der Waals surface area (Å²) in [4.78, 5) is 29.2. The molecule has 0 aliphatic heterocycles. The van der Waals surface area contributed by atoms with E-state index >= 15 is 0 Å². The number of nitrogens with one attached hydrogen (secondary N) is 1. The van der Waals surface area contributed by atoms with Gasteiger partial charge < -0.3 is 10.2 Å². The van der Waals surface area contributed by atoms with Crippen LogP contribution in [-0.4, -0.2) is 50.0 Å². The summed E-state index contributed by atoms with van der Waals surface area (Å²) in [5.41, 5.74) is 0.905. The first-order valence-electron chi connectivity index (χ1n) is 13.4. The maximum atomic E-state index is 14.1. The summed E-state index contributed by atoms with van der Waals surface area (Å²) in [5.74, 6) is -3.60. The molecule has 0 unspecified atom stereocenters. The van der Waals surface area contributed by atoms with Gasteiger partial charge in [-0.05, 0) is 42.7 Å². The third kappa shape index (κ3) is 7.99. The molecule has 12 heteroatoms. The van der Waals surface area contributed by atoms with Crippen LogP contribution in [0.25, 0.3) is 0 Å². The van der Waals surface area contributed by atoms with Crippen LogP contribution in [0.1, 0.15) is 36.8 Å². The summed E-state index contributed by atoms with van der Waals surface area (Å²) in [7, 11) is -4.14. The first-order valence-corrected chi connectivity index (χ1v) is 16.0. The van der Waals surface area contributed by atoms with E-state index in [4.69, 9.17) is 23.2 Å². The minimum atomic E-state index is -4.14. The maximum Gasteiger partial charge on any atom is 0.244 e. The Morgan fingerprint density at radius 1 is 0.952 bits per heavy atom. The van der Waals surface area contributed by atoms with E-state index in [2.05, 4.69) is 5.32 Å². The van der Waals surface area contributed by atoms with E-state index in [9.17, 15) is 26.8 Å². The molecule has 1 N–H and O–H groups in total. The van der Waals surface area contributed by atoms with Gasteiger partial charge in [-0.1, -0.05) is 72.4 Å². The Labute approximate surface area is 254 Å². The van der Waals surface area contributed by atoms with Crippen LogP contribution in [0.15, 0.2) is 66.7 Å². The van der Waals surface area contributed by atoms with Crippen molar-refractivity contribution in [2.24, 2.45) is 0 Å². The zero-order valence-corrected chi connectivity index (χ0v) is 25.2. The highest BCUT2D eigenvalue weighted by atomic mass is 35.5. The van der Waals surface area contributed by atoms with Gasteiger partial charge in [0.25, 0.3) is 0 Å². The average Bonchev–Trinajstić information content (AvgIpc) is 3.45. The molecular weight excluding hydrogens is 607 g/mol. The second-order valence-electron chi connectivity index (χ2n) is 10.3. The number of halogens is 4. The molecule has 1 atom stereocenters. The van der Waals surface area contributed by atoms with Gasteiger partial charge in [0, 0.05) is 40.7 Å². The zero-order valence-electron chi connectivity index (χ0n) is 22.9. The van der Waals surface area contributed by atoms with E-state index in [0.717, 1.165) is 49.6 Å². The van der Waals surface area contributed by atoms with Crippen molar-refractivity contribution in [3.8, 4) is 0 Å². The zero-order chi connectivity index (χ0) is 30.4. The van der Waals surface area contributed by atoms with E-state index in [1.807, 2.05) is 30.3 Å². The lowest BCUT2D eigenvalue weighted by Gasteiger charge is -2.34. The van der Waals surface area contributed by atoms with Crippen molar-refractivity contribution in [1.82, 2.24) is 10.2 Å². The molecule has 224 valence electrons. The lowest BCUT2D eigenvalue weighted by molar-refractivity contribution is -0.140. The van der Waals surface area contributed by atoms with Crippen molar-refractivity contribution >= 4 is 50.7 Å². The molecule has 0 saturated heterocycles. The van der Waals surface area contributed by atoms with Crippen LogP contribution >= 0.6 is 23.2 Å². The molecule has 3 aromatic carbocycles. The molecule has 0 radical (unpaired) electrons. The molecule has 1 aliphatic carbocycles. The molecular formula is C30H31Cl2F2N3O4S. The topological polar surface area (TPSA) is 86.8 Å². The number of carbonyl (C=O) groups excluding carboxylic acids is 2. The van der Waals surface area contributed by atoms with Crippen LogP contribution in [0, 0.1) is 11.6 Å². The first kappa shape index (κ1) is 31.7. The molecule has 1 fully saturated rings. The molecule has 42 heavy (non-hydrogen) atoms. The van der Waals surface area contributed by atoms with Gasteiger partial charge in [-0.15, -0.1) is 0 Å². The highest BCUT2D eigenvalue weighted by molar-refractivity contribution is 7.92. The Kier molecular flexibility index (Phi) is 10.5. The number of rotatable bonds is 11. The summed E-state index contributed by atoms with van der Waals surface area (Å²) in [6, 6.07) is 15.4. The van der Waals surface area contributed by atoms with E-state index in [1.54, 1.807) is 18.2 Å². The van der Waals surface area contributed by atoms with E-state index < -0.39 is 46.1 Å². The van der Waals surface area contributed by atoms with Gasteiger partial charge in [0.05, 0.1) is 11.9 Å². The molecule has 1 aliphatic rings. The summed E-state index contributed by atoms with van der Waals surface area (Å²) in [5, 5.41) is 3.58. The third-order valence-electron chi connectivity index (χ3n) is 7.23. The van der Waals surface area contributed by atoms with Crippen molar-refractivity contribution in [2.75, 3.05) is 17.1 Å². The fraction of sp³-hybridized carbons (Fsp3) is 0.333. The van der Waals surface area contributed by atoms with E-state index in [1.165, 1.54) is 4.90 Å². The van der Waals surface area contributed by atoms with Gasteiger partial charge in [0.2, 0.25) is 21.8 Å². The predicted molar refractivity (Wildman–Crippen MR) is 160 cm³/mol. The predicted octanol–water partition coefficient (Wildman–Crippen LogP) is 5.74. The van der Waals surface area contributed by atoms with Crippen LogP contribution in [-0.2, 0) is 32.6 Å². The third-order valence-corrected chi connectivity index (χ3v) is 9.08. The number of sulfonamides is 1. The number of benzene rings is 3. The maximum absolute atomic E-state index is 14.1. The summed E-state index contributed by atoms with van der Waals surface area (Å²) >= 11 is 12.9. The minimum absolute atomic E-state index is 0.0497. The second-order valence-corrected chi connectivity index (χ2v) is 13.0. The highest BCUT2D eigenvalue weighted by Gasteiger charge is 2.35. The fourth-order valence-corrected chi connectivity index (χ4v) is 6.39. The van der Waals surface area contributed by atoms with Crippen LogP contribution in [0.2, 0.25) is 10.0 Å².